The minimum atomic E-state index is 0.702. The van der Waals surface area contributed by atoms with E-state index in [1.54, 1.807) is 0 Å². The molecule has 2 saturated carbocycles. The molecule has 1 heterocycles. The van der Waals surface area contributed by atoms with Crippen LogP contribution in [0.5, 0.6) is 0 Å². The molecule has 0 aromatic carbocycles. The highest BCUT2D eigenvalue weighted by molar-refractivity contribution is 7.11. The standard InChI is InChI=1S/C15H23NS/c1-10-3-6-14(17-10)9-16-11(2)15-8-12-4-5-13(15)7-12/h3,6,11-13,15-16H,4-5,7-9H2,1-2H3/t11-,12-,13-,15+/m0/s1. The van der Waals surface area contributed by atoms with Gasteiger partial charge in [-0.15, -0.1) is 11.3 Å². The van der Waals surface area contributed by atoms with Crippen molar-refractivity contribution in [3.05, 3.63) is 21.9 Å². The van der Waals surface area contributed by atoms with Crippen molar-refractivity contribution in [1.82, 2.24) is 5.32 Å². The molecule has 0 saturated heterocycles. The van der Waals surface area contributed by atoms with Crippen LogP contribution in [-0.4, -0.2) is 6.04 Å². The Morgan fingerprint density at radius 1 is 1.35 bits per heavy atom. The molecule has 1 aromatic rings. The minimum Gasteiger partial charge on any atom is -0.309 e. The van der Waals surface area contributed by atoms with E-state index in [4.69, 9.17) is 0 Å². The summed E-state index contributed by atoms with van der Waals surface area (Å²) >= 11 is 1.93. The lowest BCUT2D eigenvalue weighted by Gasteiger charge is -2.28. The first-order valence-corrected chi connectivity index (χ1v) is 7.82. The summed E-state index contributed by atoms with van der Waals surface area (Å²) < 4.78 is 0. The SMILES string of the molecule is Cc1ccc(CN[C@@H](C)[C@H]2C[C@H]3CC[C@H]2C3)s1. The third kappa shape index (κ3) is 2.43. The highest BCUT2D eigenvalue weighted by atomic mass is 32.1. The molecule has 2 aliphatic rings. The Hall–Kier alpha value is -0.340. The van der Waals surface area contributed by atoms with E-state index in [0.29, 0.717) is 6.04 Å². The Labute approximate surface area is 109 Å². The van der Waals surface area contributed by atoms with E-state index in [1.165, 1.54) is 35.4 Å². The summed E-state index contributed by atoms with van der Waals surface area (Å²) in [4.78, 5) is 2.91. The van der Waals surface area contributed by atoms with Crippen molar-refractivity contribution in [2.45, 2.75) is 52.1 Å². The quantitative estimate of drug-likeness (QED) is 0.851. The van der Waals surface area contributed by atoms with E-state index in [0.717, 1.165) is 24.3 Å². The molecule has 1 N–H and O–H groups in total. The van der Waals surface area contributed by atoms with Gasteiger partial charge in [0, 0.05) is 22.3 Å². The van der Waals surface area contributed by atoms with Gasteiger partial charge in [-0.1, -0.05) is 6.42 Å². The number of nitrogens with one attached hydrogen (secondary N) is 1. The molecule has 2 fully saturated rings. The molecule has 17 heavy (non-hydrogen) atoms. The number of hydrogen-bond acceptors (Lipinski definition) is 2. The molecular weight excluding hydrogens is 226 g/mol. The van der Waals surface area contributed by atoms with Gasteiger partial charge in [-0.25, -0.2) is 0 Å². The maximum atomic E-state index is 3.75. The first-order chi connectivity index (χ1) is 8.22. The molecule has 2 bridgehead atoms. The van der Waals surface area contributed by atoms with Crippen molar-refractivity contribution in [1.29, 1.82) is 0 Å². The molecule has 3 rings (SSSR count). The van der Waals surface area contributed by atoms with Crippen LogP contribution >= 0.6 is 11.3 Å². The monoisotopic (exact) mass is 249 g/mol. The summed E-state index contributed by atoms with van der Waals surface area (Å²) in [5.41, 5.74) is 0. The van der Waals surface area contributed by atoms with Crippen LogP contribution in [0.1, 0.15) is 42.4 Å². The number of hydrogen-bond donors (Lipinski definition) is 1. The van der Waals surface area contributed by atoms with Crippen molar-refractivity contribution in [2.24, 2.45) is 17.8 Å². The second-order valence-corrected chi connectivity index (χ2v) is 7.39. The van der Waals surface area contributed by atoms with Crippen molar-refractivity contribution < 1.29 is 0 Å². The zero-order valence-corrected chi connectivity index (χ0v) is 11.7. The van der Waals surface area contributed by atoms with Gasteiger partial charge in [0.05, 0.1) is 0 Å². The fourth-order valence-corrected chi connectivity index (χ4v) is 4.74. The average molecular weight is 249 g/mol. The molecule has 94 valence electrons. The topological polar surface area (TPSA) is 12.0 Å². The number of fused-ring (bicyclic) bond motifs is 2. The summed E-state index contributed by atoms with van der Waals surface area (Å²) in [6.45, 7) is 5.65. The number of thiophene rings is 1. The molecule has 1 aromatic heterocycles. The van der Waals surface area contributed by atoms with Crippen LogP contribution in [0.3, 0.4) is 0 Å². The number of aryl methyl sites for hydroxylation is 1. The van der Waals surface area contributed by atoms with Crippen LogP contribution < -0.4 is 5.32 Å². The second kappa shape index (κ2) is 4.74. The molecule has 0 radical (unpaired) electrons. The van der Waals surface area contributed by atoms with E-state index < -0.39 is 0 Å². The van der Waals surface area contributed by atoms with E-state index >= 15 is 0 Å². The van der Waals surface area contributed by atoms with Gasteiger partial charge < -0.3 is 5.32 Å². The predicted octanol–water partition coefficient (Wildman–Crippen LogP) is 3.97. The van der Waals surface area contributed by atoms with Crippen LogP contribution in [0.15, 0.2) is 12.1 Å². The molecule has 0 amide bonds. The van der Waals surface area contributed by atoms with Gasteiger partial charge in [0.25, 0.3) is 0 Å². The average Bonchev–Trinajstić information content (AvgIpc) is 3.01. The van der Waals surface area contributed by atoms with Gasteiger partial charge in [0.1, 0.15) is 0 Å². The lowest BCUT2D eigenvalue weighted by atomic mass is 9.84. The van der Waals surface area contributed by atoms with E-state index in [2.05, 4.69) is 31.3 Å². The first-order valence-electron chi connectivity index (χ1n) is 7.01. The Bertz CT molecular complexity index is 384. The first kappa shape index (κ1) is 11.7. The summed E-state index contributed by atoms with van der Waals surface area (Å²) in [5.74, 6) is 3.06. The lowest BCUT2D eigenvalue weighted by molar-refractivity contribution is 0.260. The molecule has 4 atom stereocenters. The van der Waals surface area contributed by atoms with Crippen LogP contribution in [0.2, 0.25) is 0 Å². The lowest BCUT2D eigenvalue weighted by Crippen LogP contribution is -2.35. The maximum Gasteiger partial charge on any atom is 0.0302 e. The highest BCUT2D eigenvalue weighted by Gasteiger charge is 2.41. The van der Waals surface area contributed by atoms with Gasteiger partial charge in [-0.2, -0.15) is 0 Å². The number of rotatable bonds is 4. The largest absolute Gasteiger partial charge is 0.309 e. The van der Waals surface area contributed by atoms with Gasteiger partial charge in [0.15, 0.2) is 0 Å². The zero-order chi connectivity index (χ0) is 11.8. The smallest absolute Gasteiger partial charge is 0.0302 e. The van der Waals surface area contributed by atoms with Crippen molar-refractivity contribution in [2.75, 3.05) is 0 Å². The molecule has 2 aliphatic carbocycles. The fourth-order valence-electron chi connectivity index (χ4n) is 3.90. The summed E-state index contributed by atoms with van der Waals surface area (Å²) in [5, 5.41) is 3.75. The molecule has 0 spiro atoms. The Morgan fingerprint density at radius 2 is 2.24 bits per heavy atom. The summed E-state index contributed by atoms with van der Waals surface area (Å²) in [7, 11) is 0. The molecule has 2 heteroatoms. The summed E-state index contributed by atoms with van der Waals surface area (Å²) in [6.07, 6.45) is 6.02. The Morgan fingerprint density at radius 3 is 2.82 bits per heavy atom. The molecular formula is C15H23NS. The third-order valence-corrected chi connectivity index (χ3v) is 5.83. The molecule has 0 unspecified atom stereocenters. The third-order valence-electron chi connectivity index (χ3n) is 4.83. The van der Waals surface area contributed by atoms with Crippen molar-refractivity contribution >= 4 is 11.3 Å². The van der Waals surface area contributed by atoms with E-state index in [9.17, 15) is 0 Å². The van der Waals surface area contributed by atoms with Crippen LogP contribution in [-0.2, 0) is 6.54 Å². The zero-order valence-electron chi connectivity index (χ0n) is 10.9. The van der Waals surface area contributed by atoms with Gasteiger partial charge in [-0.3, -0.25) is 0 Å². The van der Waals surface area contributed by atoms with Crippen LogP contribution in [0, 0.1) is 24.7 Å². The van der Waals surface area contributed by atoms with Gasteiger partial charge in [-0.05, 0) is 63.0 Å². The predicted molar refractivity (Wildman–Crippen MR) is 74.3 cm³/mol. The Kier molecular flexibility index (Phi) is 3.27. The molecule has 0 aliphatic heterocycles. The van der Waals surface area contributed by atoms with Crippen LogP contribution in [0.4, 0.5) is 0 Å². The normalized spacial score (nSPS) is 33.2. The maximum absolute atomic E-state index is 3.75. The highest BCUT2D eigenvalue weighted by Crippen LogP contribution is 2.49. The fraction of sp³-hybridized carbons (Fsp3) is 0.733. The van der Waals surface area contributed by atoms with Gasteiger partial charge in [0.2, 0.25) is 0 Å². The minimum absolute atomic E-state index is 0.702. The van der Waals surface area contributed by atoms with Crippen molar-refractivity contribution in [3.8, 4) is 0 Å². The molecule has 1 nitrogen and oxygen atoms in total. The van der Waals surface area contributed by atoms with Gasteiger partial charge >= 0.3 is 0 Å². The van der Waals surface area contributed by atoms with Crippen molar-refractivity contribution in [3.63, 3.8) is 0 Å². The van der Waals surface area contributed by atoms with E-state index in [1.807, 2.05) is 11.3 Å². The van der Waals surface area contributed by atoms with E-state index in [-0.39, 0.29) is 0 Å². The van der Waals surface area contributed by atoms with Crippen LogP contribution in [0.25, 0.3) is 0 Å². The summed E-state index contributed by atoms with van der Waals surface area (Å²) in [6, 6.07) is 5.19. The Balaban J connectivity index is 1.52. The second-order valence-electron chi connectivity index (χ2n) is 6.02.